The third-order valence-corrected chi connectivity index (χ3v) is 12.8. The average Bonchev–Trinajstić information content (AvgIpc) is 3.89. The molecule has 0 radical (unpaired) electrons. The Hall–Kier alpha value is -6.90. The molecule has 2 nitrogen and oxygen atoms in total. The molecule has 3 atom stereocenters. The van der Waals surface area contributed by atoms with Crippen molar-refractivity contribution in [2.45, 2.75) is 26.7 Å². The Labute approximate surface area is 346 Å². The Balaban J connectivity index is 1.02. The lowest BCUT2D eigenvalue weighted by molar-refractivity contribution is 0.690. The SMILES string of the molecule is C=C(/C=C(\C=C(/C)C1=CC2CC2C=C1)c1ccc(-n2c3ccccc3c3cc(-c4cccc5c6c(n(-c7ccccc7)c45)CC(C)C=C6)ccc32)cc1)c1ccccc1. The standard InChI is InChI=1S/C57H46N2/c1-37-21-29-51-52-19-12-18-49(57(52)59(56(51)31-37)47-15-8-5-9-16-47)44-26-30-55-53(36-44)50-17-10-11-20-54(50)58(55)48-27-24-41(25-28-48)45(32-38(2)40-13-6-4-7-14-40)33-39(3)42-22-23-43-35-46(43)34-42/h4-30,32-34,36-37,43,46H,2,31,35H2,1,3H3/b39-33+,45-32+. The van der Waals surface area contributed by atoms with Gasteiger partial charge in [-0.25, -0.2) is 0 Å². The minimum absolute atomic E-state index is 0.494. The van der Waals surface area contributed by atoms with Crippen LogP contribution < -0.4 is 0 Å². The first kappa shape index (κ1) is 35.3. The van der Waals surface area contributed by atoms with Gasteiger partial charge in [-0.1, -0.05) is 153 Å². The predicted octanol–water partition coefficient (Wildman–Crippen LogP) is 14.8. The molecular formula is C57H46N2. The smallest absolute Gasteiger partial charge is 0.0616 e. The van der Waals surface area contributed by atoms with Crippen LogP contribution in [0.15, 0.2) is 200 Å². The van der Waals surface area contributed by atoms with E-state index in [0.717, 1.165) is 34.7 Å². The summed E-state index contributed by atoms with van der Waals surface area (Å²) in [6.07, 6.45) is 18.8. The molecule has 6 aromatic carbocycles. The van der Waals surface area contributed by atoms with Crippen LogP contribution in [0.3, 0.4) is 0 Å². The summed E-state index contributed by atoms with van der Waals surface area (Å²) in [5.74, 6) is 1.94. The van der Waals surface area contributed by atoms with Gasteiger partial charge in [0.05, 0.1) is 16.6 Å². The van der Waals surface area contributed by atoms with Crippen molar-refractivity contribution in [3.8, 4) is 22.5 Å². The number of rotatable bonds is 8. The van der Waals surface area contributed by atoms with E-state index in [1.54, 1.807) is 0 Å². The van der Waals surface area contributed by atoms with Gasteiger partial charge < -0.3 is 9.13 Å². The second-order valence-corrected chi connectivity index (χ2v) is 16.8. The van der Waals surface area contributed by atoms with Crippen molar-refractivity contribution in [2.75, 3.05) is 0 Å². The van der Waals surface area contributed by atoms with Crippen LogP contribution in [-0.2, 0) is 6.42 Å². The van der Waals surface area contributed by atoms with E-state index in [1.165, 1.54) is 83.9 Å². The van der Waals surface area contributed by atoms with Crippen molar-refractivity contribution in [2.24, 2.45) is 17.8 Å². The number of allylic oxidation sites excluding steroid dienone is 10. The topological polar surface area (TPSA) is 9.86 Å². The summed E-state index contributed by atoms with van der Waals surface area (Å²) in [7, 11) is 0. The average molecular weight is 759 g/mol. The molecule has 3 aliphatic carbocycles. The first-order valence-corrected chi connectivity index (χ1v) is 21.1. The number of hydrogen-bond acceptors (Lipinski definition) is 0. The highest BCUT2D eigenvalue weighted by Gasteiger charge is 2.35. The lowest BCUT2D eigenvalue weighted by Gasteiger charge is -2.18. The van der Waals surface area contributed by atoms with Crippen LogP contribution in [0.2, 0.25) is 0 Å². The maximum atomic E-state index is 4.50. The van der Waals surface area contributed by atoms with Crippen LogP contribution in [0.25, 0.3) is 72.4 Å². The van der Waals surface area contributed by atoms with Crippen molar-refractivity contribution in [3.05, 3.63) is 222 Å². The zero-order valence-electron chi connectivity index (χ0n) is 33.6. The summed E-state index contributed by atoms with van der Waals surface area (Å²) >= 11 is 0. The summed E-state index contributed by atoms with van der Waals surface area (Å²) in [6.45, 7) is 9.05. The minimum Gasteiger partial charge on any atom is -0.312 e. The van der Waals surface area contributed by atoms with Crippen LogP contribution in [0.1, 0.15) is 42.7 Å². The molecule has 3 aliphatic rings. The fraction of sp³-hybridized carbons (Fsp3) is 0.123. The summed E-state index contributed by atoms with van der Waals surface area (Å²) in [6, 6.07) is 53.2. The van der Waals surface area contributed by atoms with Gasteiger partial charge in [0.25, 0.3) is 0 Å². The Morgan fingerprint density at radius 1 is 0.627 bits per heavy atom. The Morgan fingerprint density at radius 2 is 1.36 bits per heavy atom. The molecule has 1 saturated carbocycles. The fourth-order valence-corrected chi connectivity index (χ4v) is 9.62. The molecular weight excluding hydrogens is 713 g/mol. The monoisotopic (exact) mass is 758 g/mol. The summed E-state index contributed by atoms with van der Waals surface area (Å²) < 4.78 is 4.95. The van der Waals surface area contributed by atoms with Gasteiger partial charge in [-0.3, -0.25) is 0 Å². The van der Waals surface area contributed by atoms with Gasteiger partial charge in [0.2, 0.25) is 0 Å². The summed E-state index contributed by atoms with van der Waals surface area (Å²) in [4.78, 5) is 0. The van der Waals surface area contributed by atoms with Crippen molar-refractivity contribution < 1.29 is 0 Å². The predicted molar refractivity (Wildman–Crippen MR) is 251 cm³/mol. The largest absolute Gasteiger partial charge is 0.312 e. The molecule has 0 saturated heterocycles. The molecule has 0 N–H and O–H groups in total. The number of aromatic nitrogens is 2. The first-order chi connectivity index (χ1) is 29.0. The van der Waals surface area contributed by atoms with Crippen molar-refractivity contribution >= 4 is 49.9 Å². The zero-order valence-corrected chi connectivity index (χ0v) is 33.6. The van der Waals surface area contributed by atoms with E-state index in [9.17, 15) is 0 Å². The minimum atomic E-state index is 0.494. The van der Waals surface area contributed by atoms with Crippen molar-refractivity contribution in [1.29, 1.82) is 0 Å². The third kappa shape index (κ3) is 6.19. The van der Waals surface area contributed by atoms with E-state index in [1.807, 2.05) is 0 Å². The molecule has 0 bridgehead atoms. The van der Waals surface area contributed by atoms with E-state index in [0.29, 0.717) is 11.8 Å². The van der Waals surface area contributed by atoms with Crippen molar-refractivity contribution in [1.82, 2.24) is 9.13 Å². The Bertz CT molecular complexity index is 3120. The molecule has 0 spiro atoms. The molecule has 284 valence electrons. The van der Waals surface area contributed by atoms with Gasteiger partial charge in [-0.05, 0) is 125 Å². The maximum Gasteiger partial charge on any atom is 0.0616 e. The van der Waals surface area contributed by atoms with E-state index in [2.05, 4.69) is 218 Å². The summed E-state index contributed by atoms with van der Waals surface area (Å²) in [5.41, 5.74) is 18.3. The van der Waals surface area contributed by atoms with Gasteiger partial charge in [-0.2, -0.15) is 0 Å². The van der Waals surface area contributed by atoms with E-state index in [-0.39, 0.29) is 0 Å². The van der Waals surface area contributed by atoms with Gasteiger partial charge in [0.15, 0.2) is 0 Å². The second-order valence-electron chi connectivity index (χ2n) is 16.8. The molecule has 3 unspecified atom stereocenters. The number of nitrogens with zero attached hydrogens (tertiary/aromatic N) is 2. The van der Waals surface area contributed by atoms with Crippen LogP contribution in [0, 0.1) is 17.8 Å². The van der Waals surface area contributed by atoms with Crippen LogP contribution >= 0.6 is 0 Å². The van der Waals surface area contributed by atoms with E-state index < -0.39 is 0 Å². The van der Waals surface area contributed by atoms with Crippen LogP contribution in [0.5, 0.6) is 0 Å². The highest BCUT2D eigenvalue weighted by Crippen LogP contribution is 2.46. The number of hydrogen-bond donors (Lipinski definition) is 0. The Kier molecular flexibility index (Phi) is 8.48. The molecule has 2 heteroatoms. The highest BCUT2D eigenvalue weighted by atomic mass is 15.0. The number of benzene rings is 6. The number of para-hydroxylation sites is 3. The van der Waals surface area contributed by atoms with Gasteiger partial charge in [0.1, 0.15) is 0 Å². The second kappa shape index (κ2) is 14.2. The van der Waals surface area contributed by atoms with Gasteiger partial charge in [-0.15, -0.1) is 0 Å². The summed E-state index contributed by atoms with van der Waals surface area (Å²) in [5, 5.41) is 3.81. The molecule has 59 heavy (non-hydrogen) atoms. The first-order valence-electron chi connectivity index (χ1n) is 21.1. The van der Waals surface area contributed by atoms with Gasteiger partial charge >= 0.3 is 0 Å². The maximum absolute atomic E-state index is 4.50. The molecule has 1 fully saturated rings. The quantitative estimate of drug-likeness (QED) is 0.137. The molecule has 11 rings (SSSR count). The van der Waals surface area contributed by atoms with E-state index in [4.69, 9.17) is 0 Å². The lowest BCUT2D eigenvalue weighted by Crippen LogP contribution is -2.08. The molecule has 8 aromatic rings. The molecule has 2 heterocycles. The van der Waals surface area contributed by atoms with E-state index >= 15 is 0 Å². The third-order valence-electron chi connectivity index (χ3n) is 12.8. The zero-order chi connectivity index (χ0) is 39.6. The molecule has 0 aliphatic heterocycles. The van der Waals surface area contributed by atoms with Gasteiger partial charge in [0, 0.05) is 44.4 Å². The normalized spacial score (nSPS) is 18.6. The number of fused-ring (bicyclic) bond motifs is 7. The van der Waals surface area contributed by atoms with Crippen molar-refractivity contribution in [3.63, 3.8) is 0 Å². The van der Waals surface area contributed by atoms with Crippen LogP contribution in [-0.4, -0.2) is 9.13 Å². The highest BCUT2D eigenvalue weighted by molar-refractivity contribution is 6.12. The fourth-order valence-electron chi connectivity index (χ4n) is 9.62. The van der Waals surface area contributed by atoms with Crippen LogP contribution in [0.4, 0.5) is 0 Å². The molecule has 0 amide bonds. The Morgan fingerprint density at radius 3 is 2.17 bits per heavy atom. The lowest BCUT2D eigenvalue weighted by atomic mass is 9.94. The molecule has 2 aromatic heterocycles.